The highest BCUT2D eigenvalue weighted by Crippen LogP contribution is 2.07. The molecule has 0 radical (unpaired) electrons. The van der Waals surface area contributed by atoms with Gasteiger partial charge in [0.05, 0.1) is 19.5 Å². The standard InChI is InChI=1S/C14H20N4O8/c1-16-5-15-12-8(16)13(25)18(14(26)17(12)2)3-6(20)9(22)11(24)10(23)7(21)4-19/h5,7,9-11,19,21-24H,3-4H2,1-2H3/t7-,9+,10-,11-/m1/s1. The van der Waals surface area contributed by atoms with Crippen molar-refractivity contribution in [1.82, 2.24) is 18.7 Å². The summed E-state index contributed by atoms with van der Waals surface area (Å²) in [6, 6.07) is 0. The van der Waals surface area contributed by atoms with Crippen LogP contribution in [0.25, 0.3) is 11.2 Å². The van der Waals surface area contributed by atoms with E-state index in [4.69, 9.17) is 5.11 Å². The van der Waals surface area contributed by atoms with Gasteiger partial charge in [0.25, 0.3) is 5.56 Å². The predicted octanol–water partition coefficient (Wildman–Crippen LogP) is -4.56. The number of aryl methyl sites for hydroxylation is 2. The molecule has 0 aromatic carbocycles. The normalized spacial score (nSPS) is 16.4. The summed E-state index contributed by atoms with van der Waals surface area (Å²) in [5.41, 5.74) is -1.49. The van der Waals surface area contributed by atoms with E-state index in [0.717, 1.165) is 4.57 Å². The molecule has 0 saturated heterocycles. The Labute approximate surface area is 145 Å². The molecular weight excluding hydrogens is 352 g/mol. The summed E-state index contributed by atoms with van der Waals surface area (Å²) in [6.07, 6.45) is -6.77. The Morgan fingerprint density at radius 1 is 1.15 bits per heavy atom. The molecule has 5 N–H and O–H groups in total. The van der Waals surface area contributed by atoms with Crippen molar-refractivity contribution in [1.29, 1.82) is 0 Å². The van der Waals surface area contributed by atoms with E-state index in [1.54, 1.807) is 0 Å². The molecule has 2 heterocycles. The average Bonchev–Trinajstić information content (AvgIpc) is 3.02. The molecule has 0 amide bonds. The smallest absolute Gasteiger partial charge is 0.332 e. The number of aromatic nitrogens is 4. The van der Waals surface area contributed by atoms with Crippen molar-refractivity contribution in [2.75, 3.05) is 6.61 Å². The lowest BCUT2D eigenvalue weighted by Gasteiger charge is -2.24. The minimum absolute atomic E-state index is 0.0608. The van der Waals surface area contributed by atoms with Gasteiger partial charge in [0, 0.05) is 14.1 Å². The van der Waals surface area contributed by atoms with E-state index in [9.17, 15) is 34.8 Å². The first-order chi connectivity index (χ1) is 12.1. The maximum atomic E-state index is 12.5. The number of imidazole rings is 1. The zero-order chi connectivity index (χ0) is 19.8. The summed E-state index contributed by atoms with van der Waals surface area (Å²) in [5.74, 6) is -1.14. The minimum Gasteiger partial charge on any atom is -0.394 e. The number of ketones is 1. The zero-order valence-corrected chi connectivity index (χ0v) is 14.1. The number of carbonyl (C=O) groups excluding carboxylic acids is 1. The number of aliphatic hydroxyl groups is 5. The number of fused-ring (bicyclic) bond motifs is 1. The summed E-state index contributed by atoms with van der Waals surface area (Å²) >= 11 is 0. The lowest BCUT2D eigenvalue weighted by molar-refractivity contribution is -0.147. The maximum Gasteiger partial charge on any atom is 0.332 e. The van der Waals surface area contributed by atoms with Gasteiger partial charge in [-0.05, 0) is 0 Å². The SMILES string of the molecule is Cn1cnc2c1c(=O)n(CC(=O)[C@H](O)[C@@H](O)[C@H](O)[C@H](O)CO)c(=O)n2C. The van der Waals surface area contributed by atoms with E-state index in [1.807, 2.05) is 0 Å². The second kappa shape index (κ2) is 7.47. The molecule has 2 aromatic rings. The van der Waals surface area contributed by atoms with Crippen LogP contribution in [0.2, 0.25) is 0 Å². The van der Waals surface area contributed by atoms with Crippen LogP contribution in [0.15, 0.2) is 15.9 Å². The van der Waals surface area contributed by atoms with Crippen molar-refractivity contribution >= 4 is 16.9 Å². The van der Waals surface area contributed by atoms with Crippen LogP contribution in [-0.4, -0.2) is 81.0 Å². The summed E-state index contributed by atoms with van der Waals surface area (Å²) in [7, 11) is 2.88. The topological polar surface area (TPSA) is 180 Å². The molecule has 144 valence electrons. The Kier molecular flexibility index (Phi) is 5.73. The van der Waals surface area contributed by atoms with Gasteiger partial charge in [-0.25, -0.2) is 9.78 Å². The van der Waals surface area contributed by atoms with Crippen molar-refractivity contribution in [2.24, 2.45) is 14.1 Å². The van der Waals surface area contributed by atoms with Gasteiger partial charge in [-0.3, -0.25) is 18.7 Å². The van der Waals surface area contributed by atoms with Crippen LogP contribution >= 0.6 is 0 Å². The van der Waals surface area contributed by atoms with Gasteiger partial charge in [-0.1, -0.05) is 0 Å². The fourth-order valence-electron chi connectivity index (χ4n) is 2.50. The summed E-state index contributed by atoms with van der Waals surface area (Å²) < 4.78 is 2.99. The van der Waals surface area contributed by atoms with Crippen molar-refractivity contribution in [2.45, 2.75) is 31.0 Å². The molecule has 12 heteroatoms. The minimum atomic E-state index is -2.19. The first kappa shape index (κ1) is 19.9. The molecular formula is C14H20N4O8. The quantitative estimate of drug-likeness (QED) is 0.320. The molecule has 0 aliphatic heterocycles. The Morgan fingerprint density at radius 3 is 2.35 bits per heavy atom. The molecule has 26 heavy (non-hydrogen) atoms. The molecule has 0 spiro atoms. The highest BCUT2D eigenvalue weighted by Gasteiger charge is 2.34. The fraction of sp³-hybridized carbons (Fsp3) is 0.571. The molecule has 0 bridgehead atoms. The highest BCUT2D eigenvalue weighted by molar-refractivity contribution is 5.83. The van der Waals surface area contributed by atoms with Crippen LogP contribution < -0.4 is 11.2 Å². The number of hydrogen-bond donors (Lipinski definition) is 5. The van der Waals surface area contributed by atoms with Gasteiger partial charge < -0.3 is 30.1 Å². The van der Waals surface area contributed by atoms with E-state index < -0.39 is 54.6 Å². The van der Waals surface area contributed by atoms with Crippen LogP contribution in [0.3, 0.4) is 0 Å². The Bertz CT molecular complexity index is 929. The maximum absolute atomic E-state index is 12.5. The molecule has 0 fully saturated rings. The third kappa shape index (κ3) is 3.32. The van der Waals surface area contributed by atoms with E-state index >= 15 is 0 Å². The average molecular weight is 372 g/mol. The van der Waals surface area contributed by atoms with Crippen LogP contribution in [0.1, 0.15) is 0 Å². The van der Waals surface area contributed by atoms with Crippen LogP contribution in [0.4, 0.5) is 0 Å². The molecule has 2 rings (SSSR count). The van der Waals surface area contributed by atoms with Gasteiger partial charge in [-0.15, -0.1) is 0 Å². The Balaban J connectivity index is 2.36. The van der Waals surface area contributed by atoms with Gasteiger partial charge in [0.1, 0.15) is 24.4 Å². The van der Waals surface area contributed by atoms with Crippen molar-refractivity contribution in [3.05, 3.63) is 27.2 Å². The third-order valence-electron chi connectivity index (χ3n) is 4.10. The highest BCUT2D eigenvalue weighted by atomic mass is 16.4. The van der Waals surface area contributed by atoms with E-state index in [1.165, 1.54) is 25.0 Å². The van der Waals surface area contributed by atoms with E-state index in [-0.39, 0.29) is 11.2 Å². The molecule has 4 atom stereocenters. The lowest BCUT2D eigenvalue weighted by atomic mass is 10.0. The number of carbonyl (C=O) groups is 1. The molecule has 0 saturated carbocycles. The molecule has 12 nitrogen and oxygen atoms in total. The molecule has 0 aliphatic carbocycles. The number of hydrogen-bond acceptors (Lipinski definition) is 9. The first-order valence-electron chi connectivity index (χ1n) is 7.58. The van der Waals surface area contributed by atoms with Gasteiger partial charge >= 0.3 is 5.69 Å². The lowest BCUT2D eigenvalue weighted by Crippen LogP contribution is -2.51. The molecule has 0 unspecified atom stereocenters. The monoisotopic (exact) mass is 372 g/mol. The van der Waals surface area contributed by atoms with Crippen molar-refractivity contribution in [3.63, 3.8) is 0 Å². The summed E-state index contributed by atoms with van der Waals surface area (Å²) in [6.45, 7) is -1.77. The van der Waals surface area contributed by atoms with Gasteiger partial charge in [0.2, 0.25) is 0 Å². The van der Waals surface area contributed by atoms with Crippen molar-refractivity contribution in [3.8, 4) is 0 Å². The van der Waals surface area contributed by atoms with Crippen molar-refractivity contribution < 1.29 is 30.3 Å². The third-order valence-corrected chi connectivity index (χ3v) is 4.10. The Hall–Kier alpha value is -2.38. The van der Waals surface area contributed by atoms with Gasteiger partial charge in [0.15, 0.2) is 16.9 Å². The van der Waals surface area contributed by atoms with Crippen LogP contribution in [-0.2, 0) is 25.4 Å². The second-order valence-electron chi connectivity index (χ2n) is 5.90. The largest absolute Gasteiger partial charge is 0.394 e. The second-order valence-corrected chi connectivity index (χ2v) is 5.90. The van der Waals surface area contributed by atoms with Gasteiger partial charge in [-0.2, -0.15) is 0 Å². The Morgan fingerprint density at radius 2 is 1.77 bits per heavy atom. The number of rotatable bonds is 7. The van der Waals surface area contributed by atoms with Crippen LogP contribution in [0.5, 0.6) is 0 Å². The summed E-state index contributed by atoms with van der Waals surface area (Å²) in [5, 5.41) is 47.1. The summed E-state index contributed by atoms with van der Waals surface area (Å²) in [4.78, 5) is 40.8. The zero-order valence-electron chi connectivity index (χ0n) is 14.1. The number of Topliss-reactive ketones (excluding diaryl/α,β-unsaturated/α-hetero) is 1. The molecule has 0 aliphatic rings. The first-order valence-corrected chi connectivity index (χ1v) is 7.58. The number of aliphatic hydroxyl groups excluding tert-OH is 5. The van der Waals surface area contributed by atoms with E-state index in [2.05, 4.69) is 4.98 Å². The van der Waals surface area contributed by atoms with E-state index in [0.29, 0.717) is 4.57 Å². The van der Waals surface area contributed by atoms with Crippen LogP contribution in [0, 0.1) is 0 Å². The molecule has 2 aromatic heterocycles. The predicted molar refractivity (Wildman–Crippen MR) is 86.3 cm³/mol. The number of nitrogens with zero attached hydrogens (tertiary/aromatic N) is 4. The fourth-order valence-corrected chi connectivity index (χ4v) is 2.50.